The lowest BCUT2D eigenvalue weighted by molar-refractivity contribution is -0.137. The predicted molar refractivity (Wildman–Crippen MR) is 132 cm³/mol. The smallest absolute Gasteiger partial charge is 0.370 e. The number of rotatable bonds is 5. The van der Waals surface area contributed by atoms with Crippen LogP contribution in [-0.2, 0) is 15.8 Å². The van der Waals surface area contributed by atoms with Crippen LogP contribution in [-0.4, -0.2) is 69.3 Å². The van der Waals surface area contributed by atoms with Crippen molar-refractivity contribution >= 4 is 28.5 Å². The molecule has 1 aromatic carbocycles. The van der Waals surface area contributed by atoms with Crippen molar-refractivity contribution in [3.63, 3.8) is 0 Å². The van der Waals surface area contributed by atoms with E-state index in [4.69, 9.17) is 0 Å². The summed E-state index contributed by atoms with van der Waals surface area (Å²) in [5.41, 5.74) is 4.12. The number of fused-ring (bicyclic) bond motifs is 1. The number of amides is 2. The summed E-state index contributed by atoms with van der Waals surface area (Å²) in [5, 5.41) is 3.37. The molecule has 1 aliphatic carbocycles. The number of alkyl halides is 3. The Morgan fingerprint density at radius 3 is 2.39 bits per heavy atom. The van der Waals surface area contributed by atoms with Crippen molar-refractivity contribution in [1.82, 2.24) is 19.8 Å². The molecular formula is C25H35F3N6O2. The lowest BCUT2D eigenvalue weighted by atomic mass is 9.89. The monoisotopic (exact) mass is 508 g/mol. The molecule has 4 rings (SSSR count). The zero-order valence-corrected chi connectivity index (χ0v) is 21.2. The van der Waals surface area contributed by atoms with Crippen LogP contribution in [0.2, 0.25) is 0 Å². The number of benzene rings is 1. The van der Waals surface area contributed by atoms with Crippen molar-refractivity contribution in [1.29, 1.82) is 0 Å². The number of hydrogen-bond acceptors (Lipinski definition) is 6. The van der Waals surface area contributed by atoms with Crippen LogP contribution in [0.5, 0.6) is 0 Å². The Morgan fingerprint density at radius 2 is 1.81 bits per heavy atom. The summed E-state index contributed by atoms with van der Waals surface area (Å²) in [4.78, 5) is 34.9. The number of hydrogen-bond donors (Lipinski definition) is 2. The second kappa shape index (κ2) is 11.4. The van der Waals surface area contributed by atoms with Gasteiger partial charge in [0.05, 0.1) is 11.1 Å². The van der Waals surface area contributed by atoms with Gasteiger partial charge in [-0.1, -0.05) is 0 Å². The summed E-state index contributed by atoms with van der Waals surface area (Å²) in [5.74, 6) is -0.0621. The van der Waals surface area contributed by atoms with Gasteiger partial charge in [0, 0.05) is 37.0 Å². The van der Waals surface area contributed by atoms with Crippen LogP contribution in [0.25, 0.3) is 10.9 Å². The molecule has 198 valence electrons. The highest BCUT2D eigenvalue weighted by Crippen LogP contribution is 2.34. The van der Waals surface area contributed by atoms with E-state index in [1.165, 1.54) is 19.3 Å². The zero-order valence-electron chi connectivity index (χ0n) is 21.2. The number of nitrogens with one attached hydrogen (secondary N) is 1. The molecule has 0 unspecified atom stereocenters. The average molecular weight is 509 g/mol. The minimum absolute atomic E-state index is 0.00408. The van der Waals surface area contributed by atoms with Gasteiger partial charge in [-0.3, -0.25) is 9.59 Å². The third kappa shape index (κ3) is 6.63. The van der Waals surface area contributed by atoms with Crippen molar-refractivity contribution in [2.24, 2.45) is 5.73 Å². The Kier molecular flexibility index (Phi) is 8.76. The summed E-state index contributed by atoms with van der Waals surface area (Å²) in [7, 11) is 2.16. The Morgan fingerprint density at radius 1 is 1.17 bits per heavy atom. The summed E-state index contributed by atoms with van der Waals surface area (Å²) >= 11 is 0. The molecule has 1 saturated carbocycles. The second-order valence-electron chi connectivity index (χ2n) is 9.80. The molecule has 2 fully saturated rings. The van der Waals surface area contributed by atoms with E-state index < -0.39 is 17.8 Å². The molecule has 2 amide bonds. The van der Waals surface area contributed by atoms with Gasteiger partial charge in [0.15, 0.2) is 0 Å². The molecule has 11 heteroatoms. The van der Waals surface area contributed by atoms with Crippen LogP contribution in [0.3, 0.4) is 0 Å². The van der Waals surface area contributed by atoms with Crippen LogP contribution in [0.15, 0.2) is 24.5 Å². The lowest BCUT2D eigenvalue weighted by Crippen LogP contribution is -2.46. The maximum Gasteiger partial charge on any atom is 0.416 e. The molecular weight excluding hydrogens is 473 g/mol. The summed E-state index contributed by atoms with van der Waals surface area (Å²) < 4.78 is 39.5. The summed E-state index contributed by atoms with van der Waals surface area (Å²) in [6.45, 7) is 6.35. The predicted octanol–water partition coefficient (Wildman–Crippen LogP) is 3.80. The van der Waals surface area contributed by atoms with Gasteiger partial charge < -0.3 is 20.9 Å². The first-order valence-corrected chi connectivity index (χ1v) is 12.3. The SMILES string of the molecule is CC(C)N(C)C1CCC(N2CC[C@H](Nc3ncnc4ccc(C(F)(F)F)cc34)C2=O)CC1.CC(N)=O. The van der Waals surface area contributed by atoms with Crippen LogP contribution in [0.1, 0.15) is 58.4 Å². The first kappa shape index (κ1) is 27.6. The molecule has 1 aromatic heterocycles. The fourth-order valence-corrected chi connectivity index (χ4v) is 4.91. The van der Waals surface area contributed by atoms with E-state index in [0.717, 1.165) is 37.8 Å². The second-order valence-corrected chi connectivity index (χ2v) is 9.80. The van der Waals surface area contributed by atoms with E-state index in [2.05, 4.69) is 46.8 Å². The fourth-order valence-electron chi connectivity index (χ4n) is 4.91. The van der Waals surface area contributed by atoms with Gasteiger partial charge in [0.2, 0.25) is 11.8 Å². The van der Waals surface area contributed by atoms with Gasteiger partial charge in [-0.2, -0.15) is 13.2 Å². The largest absolute Gasteiger partial charge is 0.416 e. The number of anilines is 1. The van der Waals surface area contributed by atoms with Crippen molar-refractivity contribution in [3.05, 3.63) is 30.1 Å². The quantitative estimate of drug-likeness (QED) is 0.637. The molecule has 36 heavy (non-hydrogen) atoms. The Balaban J connectivity index is 0.000000840. The highest BCUT2D eigenvalue weighted by atomic mass is 19.4. The van der Waals surface area contributed by atoms with Gasteiger partial charge in [-0.05, 0) is 71.2 Å². The molecule has 1 saturated heterocycles. The van der Waals surface area contributed by atoms with Gasteiger partial charge in [-0.15, -0.1) is 0 Å². The third-order valence-corrected chi connectivity index (χ3v) is 7.01. The summed E-state index contributed by atoms with van der Waals surface area (Å²) in [6.07, 6.45) is 1.55. The molecule has 3 N–H and O–H groups in total. The number of carbonyl (C=O) groups excluding carboxylic acids is 2. The maximum atomic E-state index is 13.2. The standard InChI is InChI=1S/C23H30F3N5O.C2H5NO/c1-14(2)30(3)16-5-7-17(8-6-16)31-11-10-20(22(31)32)29-21-18-12-15(23(24,25)26)4-9-19(18)27-13-28-21;1-2(3)4/h4,9,12-14,16-17,20H,5-8,10-11H2,1-3H3,(H,27,28,29);1H3,(H2,3,4)/t16?,17?,20-;/m0./s1. The average Bonchev–Trinajstić information content (AvgIpc) is 3.17. The van der Waals surface area contributed by atoms with Gasteiger partial charge in [-0.25, -0.2) is 9.97 Å². The molecule has 2 aromatic rings. The van der Waals surface area contributed by atoms with Crippen molar-refractivity contribution in [2.75, 3.05) is 18.9 Å². The number of nitrogens with two attached hydrogens (primary N) is 1. The normalized spacial score (nSPS) is 22.6. The van der Waals surface area contributed by atoms with E-state index in [0.29, 0.717) is 30.6 Å². The Labute approximate surface area is 209 Å². The number of likely N-dealkylation sites (tertiary alicyclic amines) is 1. The van der Waals surface area contributed by atoms with E-state index in [-0.39, 0.29) is 29.1 Å². The van der Waals surface area contributed by atoms with Crippen LogP contribution >= 0.6 is 0 Å². The molecule has 2 aliphatic rings. The first-order chi connectivity index (χ1) is 16.9. The lowest BCUT2D eigenvalue weighted by Gasteiger charge is -2.39. The number of primary amides is 1. The molecule has 1 aliphatic heterocycles. The molecule has 0 spiro atoms. The van der Waals surface area contributed by atoms with Crippen LogP contribution in [0, 0.1) is 0 Å². The number of nitrogens with zero attached hydrogens (tertiary/aromatic N) is 4. The zero-order chi connectivity index (χ0) is 26.6. The molecule has 1 atom stereocenters. The van der Waals surface area contributed by atoms with E-state index >= 15 is 0 Å². The maximum absolute atomic E-state index is 13.2. The molecule has 8 nitrogen and oxygen atoms in total. The topological polar surface area (TPSA) is 104 Å². The fraction of sp³-hybridized carbons (Fsp3) is 0.600. The summed E-state index contributed by atoms with van der Waals surface area (Å²) in [6, 6.07) is 4.17. The minimum Gasteiger partial charge on any atom is -0.370 e. The van der Waals surface area contributed by atoms with Crippen LogP contribution in [0.4, 0.5) is 19.0 Å². The Bertz CT molecular complexity index is 1070. The molecule has 0 bridgehead atoms. The van der Waals surface area contributed by atoms with E-state index in [9.17, 15) is 22.8 Å². The highest BCUT2D eigenvalue weighted by molar-refractivity contribution is 5.93. The molecule has 0 radical (unpaired) electrons. The Hall–Kier alpha value is -2.95. The van der Waals surface area contributed by atoms with E-state index in [1.807, 2.05) is 4.90 Å². The van der Waals surface area contributed by atoms with Crippen molar-refractivity contribution < 1.29 is 22.8 Å². The molecule has 2 heterocycles. The minimum atomic E-state index is -4.45. The number of aromatic nitrogens is 2. The highest BCUT2D eigenvalue weighted by Gasteiger charge is 2.38. The van der Waals surface area contributed by atoms with Gasteiger partial charge in [0.25, 0.3) is 0 Å². The van der Waals surface area contributed by atoms with Gasteiger partial charge >= 0.3 is 6.18 Å². The third-order valence-electron chi connectivity index (χ3n) is 7.01. The van der Waals surface area contributed by atoms with Crippen LogP contribution < -0.4 is 11.1 Å². The van der Waals surface area contributed by atoms with E-state index in [1.54, 1.807) is 0 Å². The first-order valence-electron chi connectivity index (χ1n) is 12.3. The van der Waals surface area contributed by atoms with Crippen molar-refractivity contribution in [2.45, 2.75) is 83.2 Å². The van der Waals surface area contributed by atoms with Gasteiger partial charge in [0.1, 0.15) is 18.2 Å². The number of halogens is 3. The van der Waals surface area contributed by atoms with Crippen molar-refractivity contribution in [3.8, 4) is 0 Å². The number of carbonyl (C=O) groups is 2.